The van der Waals surface area contributed by atoms with E-state index in [0.29, 0.717) is 0 Å². The van der Waals surface area contributed by atoms with Gasteiger partial charge in [-0.2, -0.15) is 14.0 Å². The van der Waals surface area contributed by atoms with Crippen molar-refractivity contribution in [2.75, 3.05) is 6.61 Å². The summed E-state index contributed by atoms with van der Waals surface area (Å²) in [5, 5.41) is 8.72. The zero-order chi connectivity index (χ0) is 13.8. The lowest BCUT2D eigenvalue weighted by atomic mass is 10.2. The van der Waals surface area contributed by atoms with Gasteiger partial charge in [0.25, 0.3) is 0 Å². The molecule has 0 atom stereocenters. The average molecular weight is 276 g/mol. The molecule has 0 saturated heterocycles. The van der Waals surface area contributed by atoms with E-state index >= 15 is 0 Å². The molecule has 7 heteroatoms. The number of rotatable bonds is 4. The van der Waals surface area contributed by atoms with E-state index in [4.69, 9.17) is 16.9 Å². The van der Waals surface area contributed by atoms with E-state index in [2.05, 4.69) is 9.47 Å². The normalized spacial score (nSPS) is 10.6. The Balaban J connectivity index is 3.01. The molecule has 96 valence electrons. The fourth-order valence-electron chi connectivity index (χ4n) is 1.09. The highest BCUT2D eigenvalue weighted by molar-refractivity contribution is 6.31. The first kappa shape index (κ1) is 14.2. The SMILES string of the molecule is CCOC(=O)C(F)(F)Oc1cccc(Cl)c1C#N. The fraction of sp³-hybridized carbons (Fsp3) is 0.273. The summed E-state index contributed by atoms with van der Waals surface area (Å²) >= 11 is 5.64. The van der Waals surface area contributed by atoms with E-state index in [1.54, 1.807) is 6.07 Å². The van der Waals surface area contributed by atoms with Crippen LogP contribution in [0.3, 0.4) is 0 Å². The molecule has 0 heterocycles. The van der Waals surface area contributed by atoms with Gasteiger partial charge in [0.15, 0.2) is 0 Å². The topological polar surface area (TPSA) is 59.3 Å². The quantitative estimate of drug-likeness (QED) is 0.793. The van der Waals surface area contributed by atoms with Gasteiger partial charge in [0, 0.05) is 0 Å². The zero-order valence-corrected chi connectivity index (χ0v) is 10.0. The molecule has 0 fully saturated rings. The lowest BCUT2D eigenvalue weighted by Gasteiger charge is -2.16. The third kappa shape index (κ3) is 3.08. The molecule has 0 saturated carbocycles. The van der Waals surface area contributed by atoms with E-state index in [0.717, 1.165) is 6.07 Å². The number of carbonyl (C=O) groups excluding carboxylic acids is 1. The summed E-state index contributed by atoms with van der Waals surface area (Å²) in [4.78, 5) is 10.9. The van der Waals surface area contributed by atoms with Crippen molar-refractivity contribution in [3.05, 3.63) is 28.8 Å². The molecule has 0 aliphatic carbocycles. The van der Waals surface area contributed by atoms with Gasteiger partial charge in [0.05, 0.1) is 11.6 Å². The Morgan fingerprint density at radius 1 is 1.56 bits per heavy atom. The van der Waals surface area contributed by atoms with Crippen molar-refractivity contribution in [3.63, 3.8) is 0 Å². The molecule has 0 bridgehead atoms. The van der Waals surface area contributed by atoms with E-state index in [1.165, 1.54) is 19.1 Å². The van der Waals surface area contributed by atoms with Crippen LogP contribution in [-0.2, 0) is 9.53 Å². The highest BCUT2D eigenvalue weighted by atomic mass is 35.5. The van der Waals surface area contributed by atoms with E-state index in [9.17, 15) is 13.6 Å². The molecule has 0 radical (unpaired) electrons. The first-order valence-electron chi connectivity index (χ1n) is 4.85. The molecule has 18 heavy (non-hydrogen) atoms. The van der Waals surface area contributed by atoms with Crippen molar-refractivity contribution < 1.29 is 23.0 Å². The van der Waals surface area contributed by atoms with Crippen LogP contribution in [0.15, 0.2) is 18.2 Å². The second-order valence-corrected chi connectivity index (χ2v) is 3.47. The molecule has 0 unspecified atom stereocenters. The average Bonchev–Trinajstić information content (AvgIpc) is 2.29. The second kappa shape index (κ2) is 5.65. The maximum Gasteiger partial charge on any atom is 0.502 e. The smallest absolute Gasteiger partial charge is 0.459 e. The molecule has 0 amide bonds. The standard InChI is InChI=1S/C11H8ClF2NO3/c1-2-17-10(16)11(13,14)18-9-5-3-4-8(12)7(9)6-15/h3-5H,2H2,1H3. The first-order valence-corrected chi connectivity index (χ1v) is 5.22. The molecular formula is C11H8ClF2NO3. The number of esters is 1. The van der Waals surface area contributed by atoms with Crippen molar-refractivity contribution in [2.45, 2.75) is 13.0 Å². The summed E-state index contributed by atoms with van der Waals surface area (Å²) in [6.45, 7) is 1.17. The number of ether oxygens (including phenoxy) is 2. The van der Waals surface area contributed by atoms with Crippen molar-refractivity contribution >= 4 is 17.6 Å². The fourth-order valence-corrected chi connectivity index (χ4v) is 1.30. The van der Waals surface area contributed by atoms with Crippen molar-refractivity contribution in [2.24, 2.45) is 0 Å². The number of benzene rings is 1. The molecule has 0 N–H and O–H groups in total. The van der Waals surface area contributed by atoms with Crippen LogP contribution >= 0.6 is 11.6 Å². The number of carbonyl (C=O) groups is 1. The number of hydrogen-bond acceptors (Lipinski definition) is 4. The lowest BCUT2D eigenvalue weighted by Crippen LogP contribution is -2.37. The number of nitrogens with zero attached hydrogens (tertiary/aromatic N) is 1. The molecule has 0 aliphatic heterocycles. The van der Waals surface area contributed by atoms with Crippen LogP contribution in [0.4, 0.5) is 8.78 Å². The molecule has 1 rings (SSSR count). The molecule has 1 aromatic rings. The maximum atomic E-state index is 13.3. The zero-order valence-electron chi connectivity index (χ0n) is 9.25. The number of hydrogen-bond donors (Lipinski definition) is 0. The van der Waals surface area contributed by atoms with Gasteiger partial charge in [-0.15, -0.1) is 0 Å². The van der Waals surface area contributed by atoms with Gasteiger partial charge < -0.3 is 9.47 Å². The van der Waals surface area contributed by atoms with Crippen molar-refractivity contribution in [1.82, 2.24) is 0 Å². The van der Waals surface area contributed by atoms with E-state index in [1.807, 2.05) is 0 Å². The van der Waals surface area contributed by atoms with Crippen LogP contribution in [0.1, 0.15) is 12.5 Å². The Kier molecular flexibility index (Phi) is 4.45. The van der Waals surface area contributed by atoms with Gasteiger partial charge in [-0.25, -0.2) is 4.79 Å². The lowest BCUT2D eigenvalue weighted by molar-refractivity contribution is -0.216. The highest BCUT2D eigenvalue weighted by Gasteiger charge is 2.44. The van der Waals surface area contributed by atoms with Crippen LogP contribution in [0.25, 0.3) is 0 Å². The van der Waals surface area contributed by atoms with Crippen LogP contribution in [-0.4, -0.2) is 18.7 Å². The minimum absolute atomic E-state index is 0.0466. The molecular weight excluding hydrogens is 268 g/mol. The molecule has 1 aromatic carbocycles. The molecule has 4 nitrogen and oxygen atoms in total. The summed E-state index contributed by atoms with van der Waals surface area (Å²) in [5.74, 6) is -2.31. The van der Waals surface area contributed by atoms with Gasteiger partial charge in [0.2, 0.25) is 0 Å². The first-order chi connectivity index (χ1) is 8.42. The van der Waals surface area contributed by atoms with Crippen LogP contribution in [0.5, 0.6) is 5.75 Å². The Hall–Kier alpha value is -1.87. The third-order valence-corrected chi connectivity index (χ3v) is 2.15. The summed E-state index contributed by atoms with van der Waals surface area (Å²) in [6.07, 6.45) is -4.17. The van der Waals surface area contributed by atoms with Gasteiger partial charge in [-0.1, -0.05) is 17.7 Å². The minimum atomic E-state index is -4.17. The van der Waals surface area contributed by atoms with Gasteiger partial charge in [-0.05, 0) is 19.1 Å². The van der Waals surface area contributed by atoms with Crippen molar-refractivity contribution in [3.8, 4) is 11.8 Å². The predicted octanol–water partition coefficient (Wildman–Crippen LogP) is 2.75. The minimum Gasteiger partial charge on any atom is -0.459 e. The number of halogens is 3. The molecule has 0 aliphatic rings. The Labute approximate surface area is 107 Å². The molecule has 0 aromatic heterocycles. The highest BCUT2D eigenvalue weighted by Crippen LogP contribution is 2.30. The van der Waals surface area contributed by atoms with Crippen LogP contribution < -0.4 is 4.74 Å². The van der Waals surface area contributed by atoms with E-state index < -0.39 is 17.8 Å². The van der Waals surface area contributed by atoms with Crippen LogP contribution in [0, 0.1) is 11.3 Å². The van der Waals surface area contributed by atoms with Crippen molar-refractivity contribution in [1.29, 1.82) is 5.26 Å². The predicted molar refractivity (Wildman–Crippen MR) is 58.4 cm³/mol. The summed E-state index contributed by atoms with van der Waals surface area (Å²) in [5.41, 5.74) is -0.275. The van der Waals surface area contributed by atoms with Gasteiger partial charge >= 0.3 is 12.1 Å². The van der Waals surface area contributed by atoms with Gasteiger partial charge in [0.1, 0.15) is 17.4 Å². The third-order valence-electron chi connectivity index (χ3n) is 1.84. The summed E-state index contributed by atoms with van der Waals surface area (Å²) in [6, 6.07) is 5.39. The Morgan fingerprint density at radius 2 is 2.22 bits per heavy atom. The largest absolute Gasteiger partial charge is 0.502 e. The maximum absolute atomic E-state index is 13.3. The molecule has 0 spiro atoms. The Morgan fingerprint density at radius 3 is 2.78 bits per heavy atom. The second-order valence-electron chi connectivity index (χ2n) is 3.06. The van der Waals surface area contributed by atoms with E-state index in [-0.39, 0.29) is 17.2 Å². The van der Waals surface area contributed by atoms with Crippen LogP contribution in [0.2, 0.25) is 5.02 Å². The summed E-state index contributed by atoms with van der Waals surface area (Å²) < 4.78 is 34.9. The Bertz CT molecular complexity index is 500. The number of nitriles is 1. The summed E-state index contributed by atoms with van der Waals surface area (Å²) in [7, 11) is 0. The number of alkyl halides is 2. The monoisotopic (exact) mass is 275 g/mol. The van der Waals surface area contributed by atoms with Gasteiger partial charge in [-0.3, -0.25) is 0 Å².